The zero-order valence-electron chi connectivity index (χ0n) is 21.3. The van der Waals surface area contributed by atoms with Crippen LogP contribution >= 0.6 is 0 Å². The number of anilines is 3. The van der Waals surface area contributed by atoms with Crippen molar-refractivity contribution in [1.29, 1.82) is 0 Å². The molecule has 3 rings (SSSR count). The summed E-state index contributed by atoms with van der Waals surface area (Å²) in [6.45, 7) is 12.8. The van der Waals surface area contributed by atoms with Gasteiger partial charge in [0.25, 0.3) is 5.91 Å². The van der Waals surface area contributed by atoms with Gasteiger partial charge in [-0.05, 0) is 43.7 Å². The highest BCUT2D eigenvalue weighted by molar-refractivity contribution is 6.02. The lowest BCUT2D eigenvalue weighted by molar-refractivity contribution is -0.123. The third-order valence-electron chi connectivity index (χ3n) is 6.22. The standard InChI is InChI=1S/C27H38N4O3/c1-7-19(2)28-25(32)21-18-20(29-26(33)27(3,4)5)12-13-22(21)30-14-16-31(17-15-30)23-10-8-9-11-24(23)34-6/h8-13,18-19H,7,14-17H2,1-6H3,(H,28,32)(H,29,33). The molecule has 0 aromatic heterocycles. The minimum atomic E-state index is -0.521. The van der Waals surface area contributed by atoms with E-state index in [9.17, 15) is 9.59 Å². The highest BCUT2D eigenvalue weighted by atomic mass is 16.5. The van der Waals surface area contributed by atoms with Gasteiger partial charge >= 0.3 is 0 Å². The molecule has 0 radical (unpaired) electrons. The third kappa shape index (κ3) is 6.01. The molecule has 0 aliphatic carbocycles. The molecular weight excluding hydrogens is 428 g/mol. The van der Waals surface area contributed by atoms with E-state index in [0.717, 1.165) is 49.7 Å². The quantitative estimate of drug-likeness (QED) is 0.627. The number of amides is 2. The van der Waals surface area contributed by atoms with E-state index < -0.39 is 5.41 Å². The summed E-state index contributed by atoms with van der Waals surface area (Å²) in [4.78, 5) is 30.3. The summed E-state index contributed by atoms with van der Waals surface area (Å²) in [5, 5.41) is 6.04. The van der Waals surface area contributed by atoms with Crippen LogP contribution in [0.3, 0.4) is 0 Å². The lowest BCUT2D eigenvalue weighted by atomic mass is 9.95. The Balaban J connectivity index is 1.83. The van der Waals surface area contributed by atoms with Gasteiger partial charge in [0.15, 0.2) is 0 Å². The van der Waals surface area contributed by atoms with Crippen LogP contribution in [0.2, 0.25) is 0 Å². The van der Waals surface area contributed by atoms with Crippen LogP contribution in [-0.2, 0) is 4.79 Å². The smallest absolute Gasteiger partial charge is 0.253 e. The van der Waals surface area contributed by atoms with Crippen molar-refractivity contribution in [3.63, 3.8) is 0 Å². The first-order chi connectivity index (χ1) is 16.1. The van der Waals surface area contributed by atoms with Gasteiger partial charge in [-0.2, -0.15) is 0 Å². The summed E-state index contributed by atoms with van der Waals surface area (Å²) >= 11 is 0. The van der Waals surface area contributed by atoms with Crippen LogP contribution < -0.4 is 25.2 Å². The number of piperazine rings is 1. The number of nitrogens with one attached hydrogen (secondary N) is 2. The molecule has 0 bridgehead atoms. The van der Waals surface area contributed by atoms with Crippen LogP contribution in [0.4, 0.5) is 17.1 Å². The summed E-state index contributed by atoms with van der Waals surface area (Å²) in [7, 11) is 1.69. The number of methoxy groups -OCH3 is 1. The van der Waals surface area contributed by atoms with Crippen molar-refractivity contribution in [1.82, 2.24) is 5.32 Å². The van der Waals surface area contributed by atoms with Gasteiger partial charge < -0.3 is 25.2 Å². The Bertz CT molecular complexity index is 1010. The highest BCUT2D eigenvalue weighted by Gasteiger charge is 2.25. The Morgan fingerprint density at radius 3 is 2.21 bits per heavy atom. The summed E-state index contributed by atoms with van der Waals surface area (Å²) in [5.41, 5.74) is 2.66. The molecule has 34 heavy (non-hydrogen) atoms. The maximum Gasteiger partial charge on any atom is 0.253 e. The number of benzene rings is 2. The van der Waals surface area contributed by atoms with E-state index in [1.807, 2.05) is 65.0 Å². The fourth-order valence-corrected chi connectivity index (χ4v) is 3.87. The zero-order chi connectivity index (χ0) is 24.9. The Labute approximate surface area is 203 Å². The molecule has 2 aromatic carbocycles. The van der Waals surface area contributed by atoms with Gasteiger partial charge in [-0.3, -0.25) is 9.59 Å². The minimum Gasteiger partial charge on any atom is -0.495 e. The van der Waals surface area contributed by atoms with Crippen LogP contribution in [0.15, 0.2) is 42.5 Å². The fourth-order valence-electron chi connectivity index (χ4n) is 3.87. The van der Waals surface area contributed by atoms with Crippen molar-refractivity contribution < 1.29 is 14.3 Å². The number of carbonyl (C=O) groups excluding carboxylic acids is 2. The normalized spacial score (nSPS) is 15.0. The third-order valence-corrected chi connectivity index (χ3v) is 6.22. The van der Waals surface area contributed by atoms with Gasteiger partial charge in [-0.1, -0.05) is 39.8 Å². The van der Waals surface area contributed by atoms with Crippen molar-refractivity contribution in [2.45, 2.75) is 47.1 Å². The molecule has 184 valence electrons. The molecule has 2 N–H and O–H groups in total. The summed E-state index contributed by atoms with van der Waals surface area (Å²) in [6.07, 6.45) is 0.846. The van der Waals surface area contributed by atoms with Crippen molar-refractivity contribution in [2.75, 3.05) is 48.4 Å². The van der Waals surface area contributed by atoms with Crippen LogP contribution in [0.1, 0.15) is 51.4 Å². The maximum atomic E-state index is 13.2. The minimum absolute atomic E-state index is 0.0653. The Hall–Kier alpha value is -3.22. The number of hydrogen-bond donors (Lipinski definition) is 2. The monoisotopic (exact) mass is 466 g/mol. The molecule has 1 heterocycles. The maximum absolute atomic E-state index is 13.2. The molecule has 0 spiro atoms. The average molecular weight is 467 g/mol. The van der Waals surface area contributed by atoms with Crippen molar-refractivity contribution in [2.24, 2.45) is 5.41 Å². The predicted octanol–water partition coefficient (Wildman–Crippen LogP) is 4.53. The second-order valence-corrected chi connectivity index (χ2v) is 9.86. The largest absolute Gasteiger partial charge is 0.495 e. The van der Waals surface area contributed by atoms with Crippen LogP contribution in [0.25, 0.3) is 0 Å². The second-order valence-electron chi connectivity index (χ2n) is 9.86. The van der Waals surface area contributed by atoms with E-state index in [0.29, 0.717) is 11.3 Å². The van der Waals surface area contributed by atoms with E-state index in [4.69, 9.17) is 4.74 Å². The molecule has 1 atom stereocenters. The molecule has 2 amide bonds. The molecule has 1 unspecified atom stereocenters. The van der Waals surface area contributed by atoms with E-state index in [2.05, 4.69) is 26.5 Å². The topological polar surface area (TPSA) is 73.9 Å². The van der Waals surface area contributed by atoms with Gasteiger partial charge in [-0.25, -0.2) is 0 Å². The zero-order valence-corrected chi connectivity index (χ0v) is 21.3. The fraction of sp³-hybridized carbons (Fsp3) is 0.481. The predicted molar refractivity (Wildman–Crippen MR) is 139 cm³/mol. The molecular formula is C27H38N4O3. The molecule has 7 nitrogen and oxygen atoms in total. The first kappa shape index (κ1) is 25.4. The Kier molecular flexibility index (Phi) is 8.07. The van der Waals surface area contributed by atoms with Gasteiger partial charge in [0.05, 0.1) is 18.4 Å². The summed E-state index contributed by atoms with van der Waals surface area (Å²) in [5.74, 6) is 0.658. The SMILES string of the molecule is CCC(C)NC(=O)c1cc(NC(=O)C(C)(C)C)ccc1N1CCN(c2ccccc2OC)CC1. The number of hydrogen-bond acceptors (Lipinski definition) is 5. The molecule has 0 saturated carbocycles. The number of rotatable bonds is 7. The molecule has 1 aliphatic rings. The number of carbonyl (C=O) groups is 2. The van der Waals surface area contributed by atoms with Crippen molar-refractivity contribution in [3.8, 4) is 5.75 Å². The molecule has 2 aromatic rings. The lowest BCUT2D eigenvalue weighted by Gasteiger charge is -2.38. The van der Waals surface area contributed by atoms with Crippen LogP contribution in [0.5, 0.6) is 5.75 Å². The van der Waals surface area contributed by atoms with E-state index in [1.54, 1.807) is 13.2 Å². The van der Waals surface area contributed by atoms with E-state index in [1.165, 1.54) is 0 Å². The van der Waals surface area contributed by atoms with Gasteiger partial charge in [0.2, 0.25) is 5.91 Å². The number of ether oxygens (including phenoxy) is 1. The number of nitrogens with zero attached hydrogens (tertiary/aromatic N) is 2. The van der Waals surface area contributed by atoms with E-state index >= 15 is 0 Å². The van der Waals surface area contributed by atoms with Gasteiger partial charge in [0, 0.05) is 49.0 Å². The van der Waals surface area contributed by atoms with Crippen molar-refractivity contribution in [3.05, 3.63) is 48.0 Å². The molecule has 1 aliphatic heterocycles. The van der Waals surface area contributed by atoms with Crippen LogP contribution in [0, 0.1) is 5.41 Å². The summed E-state index contributed by atoms with van der Waals surface area (Å²) in [6, 6.07) is 13.7. The average Bonchev–Trinajstić information content (AvgIpc) is 2.83. The number of para-hydroxylation sites is 2. The van der Waals surface area contributed by atoms with Gasteiger partial charge in [-0.15, -0.1) is 0 Å². The summed E-state index contributed by atoms with van der Waals surface area (Å²) < 4.78 is 5.53. The molecule has 1 fully saturated rings. The van der Waals surface area contributed by atoms with Crippen molar-refractivity contribution >= 4 is 28.9 Å². The van der Waals surface area contributed by atoms with Gasteiger partial charge in [0.1, 0.15) is 5.75 Å². The molecule has 7 heteroatoms. The second kappa shape index (κ2) is 10.8. The Morgan fingerprint density at radius 1 is 1.00 bits per heavy atom. The Morgan fingerprint density at radius 2 is 1.62 bits per heavy atom. The highest BCUT2D eigenvalue weighted by Crippen LogP contribution is 2.31. The first-order valence-electron chi connectivity index (χ1n) is 12.0. The van der Waals surface area contributed by atoms with E-state index in [-0.39, 0.29) is 17.9 Å². The molecule has 1 saturated heterocycles. The van der Waals surface area contributed by atoms with Crippen LogP contribution in [-0.4, -0.2) is 51.1 Å². The lowest BCUT2D eigenvalue weighted by Crippen LogP contribution is -2.47. The first-order valence-corrected chi connectivity index (χ1v) is 12.0.